The highest BCUT2D eigenvalue weighted by molar-refractivity contribution is 5.77. The minimum absolute atomic E-state index is 0.0865. The molecule has 0 rings (SSSR count). The molecule has 146 valence electrons. The Morgan fingerprint density at radius 1 is 0.600 bits per heavy atom. The fraction of sp³-hybridized carbons (Fsp3) is 0.667. The molecule has 0 atom stereocenters. The summed E-state index contributed by atoms with van der Waals surface area (Å²) in [5.41, 5.74) is 0. The van der Waals surface area contributed by atoms with Crippen LogP contribution in [0.1, 0.15) is 39.0 Å². The van der Waals surface area contributed by atoms with Gasteiger partial charge in [0, 0.05) is 19.8 Å². The molecule has 10 nitrogen and oxygen atoms in total. The average molecular weight is 366 g/mol. The van der Waals surface area contributed by atoms with Crippen molar-refractivity contribution in [1.82, 2.24) is 0 Å². The van der Waals surface area contributed by atoms with E-state index >= 15 is 0 Å². The van der Waals surface area contributed by atoms with Crippen molar-refractivity contribution in [1.29, 1.82) is 0 Å². The first kappa shape index (κ1) is 27.2. The van der Waals surface area contributed by atoms with Gasteiger partial charge in [-0.1, -0.05) is 0 Å². The van der Waals surface area contributed by atoms with E-state index in [1.807, 2.05) is 0 Å². The van der Waals surface area contributed by atoms with Crippen LogP contribution >= 0.6 is 0 Å². The van der Waals surface area contributed by atoms with Gasteiger partial charge in [-0.3, -0.25) is 24.0 Å². The fourth-order valence-electron chi connectivity index (χ4n) is 0.989. The molecule has 0 fully saturated rings. The van der Waals surface area contributed by atoms with Gasteiger partial charge >= 0.3 is 23.9 Å². The van der Waals surface area contributed by atoms with Crippen molar-refractivity contribution in [3.8, 4) is 0 Å². The third-order valence-electron chi connectivity index (χ3n) is 2.21. The predicted molar refractivity (Wildman–Crippen MR) is 84.5 cm³/mol. The zero-order chi connectivity index (χ0) is 20.3. The summed E-state index contributed by atoms with van der Waals surface area (Å²) in [4.78, 5) is 50.8. The van der Waals surface area contributed by atoms with E-state index in [1.54, 1.807) is 0 Å². The second-order valence-electron chi connectivity index (χ2n) is 4.18. The zero-order valence-electron chi connectivity index (χ0n) is 15.2. The Kier molecular flexibility index (Phi) is 21.1. The van der Waals surface area contributed by atoms with E-state index in [0.717, 1.165) is 6.92 Å². The van der Waals surface area contributed by atoms with Crippen LogP contribution in [-0.2, 0) is 42.9 Å². The Bertz CT molecular complexity index is 381. The van der Waals surface area contributed by atoms with Crippen molar-refractivity contribution in [3.63, 3.8) is 0 Å². The van der Waals surface area contributed by atoms with Crippen LogP contribution in [0.5, 0.6) is 0 Å². The molecule has 0 radical (unpaired) electrons. The monoisotopic (exact) mass is 366 g/mol. The van der Waals surface area contributed by atoms with Crippen LogP contribution in [0.25, 0.3) is 0 Å². The Morgan fingerprint density at radius 3 is 1.00 bits per heavy atom. The van der Waals surface area contributed by atoms with Crippen LogP contribution in [-0.4, -0.2) is 63.4 Å². The number of carbonyl (C=O) groups is 5. The van der Waals surface area contributed by atoms with Crippen LogP contribution in [0, 0.1) is 0 Å². The highest BCUT2D eigenvalue weighted by atomic mass is 16.5. The summed E-state index contributed by atoms with van der Waals surface area (Å²) in [5, 5.41) is 7.42. The largest absolute Gasteiger partial charge is 0.481 e. The van der Waals surface area contributed by atoms with E-state index in [4.69, 9.17) is 9.90 Å². The van der Waals surface area contributed by atoms with E-state index in [-0.39, 0.29) is 37.6 Å². The molecule has 0 spiro atoms. The van der Waals surface area contributed by atoms with Gasteiger partial charge in [-0.2, -0.15) is 0 Å². The van der Waals surface area contributed by atoms with Gasteiger partial charge in [-0.05, 0) is 6.42 Å². The van der Waals surface area contributed by atoms with E-state index in [0.29, 0.717) is 6.42 Å². The van der Waals surface area contributed by atoms with E-state index in [9.17, 15) is 19.2 Å². The quantitative estimate of drug-likeness (QED) is 0.505. The van der Waals surface area contributed by atoms with Gasteiger partial charge in [0.05, 0.1) is 41.3 Å². The molecule has 0 aliphatic carbocycles. The summed E-state index contributed by atoms with van der Waals surface area (Å²) < 4.78 is 17.3. The maximum Gasteiger partial charge on any atom is 0.306 e. The first-order valence-electron chi connectivity index (χ1n) is 7.11. The van der Waals surface area contributed by atoms with Gasteiger partial charge in [0.25, 0.3) is 5.97 Å². The van der Waals surface area contributed by atoms with E-state index in [2.05, 4.69) is 18.9 Å². The van der Waals surface area contributed by atoms with Crippen molar-refractivity contribution in [2.75, 3.05) is 28.4 Å². The minimum Gasteiger partial charge on any atom is -0.481 e. The maximum absolute atomic E-state index is 10.5. The van der Waals surface area contributed by atoms with Crippen LogP contribution in [0.2, 0.25) is 0 Å². The smallest absolute Gasteiger partial charge is 0.306 e. The standard InChI is InChI=1S/C7H12O4.C6H10O4.C2H4O2/c1-10-6(8)4-3-5-7(9)11-2;1-9-5(7)3-4-6(8)10-2;1-2(3)4/h3-5H2,1-2H3;3-4H2,1-2H3;1H3,(H,3,4). The predicted octanol–water partition coefficient (Wildman–Crippen LogP) is 0.706. The lowest BCUT2D eigenvalue weighted by atomic mass is 10.2. The second-order valence-corrected chi connectivity index (χ2v) is 4.18. The molecule has 0 saturated carbocycles. The third-order valence-corrected chi connectivity index (χ3v) is 2.21. The van der Waals surface area contributed by atoms with Gasteiger partial charge in [0.2, 0.25) is 0 Å². The summed E-state index contributed by atoms with van der Waals surface area (Å²) in [6.45, 7) is 1.08. The average Bonchev–Trinajstić information content (AvgIpc) is 2.58. The minimum atomic E-state index is -0.833. The topological polar surface area (TPSA) is 142 Å². The normalized spacial score (nSPS) is 8.36. The number of carbonyl (C=O) groups excluding carboxylic acids is 4. The number of hydrogen-bond donors (Lipinski definition) is 1. The Hall–Kier alpha value is -2.65. The molecule has 0 saturated heterocycles. The highest BCUT2D eigenvalue weighted by Gasteiger charge is 2.05. The van der Waals surface area contributed by atoms with Gasteiger partial charge in [0.1, 0.15) is 0 Å². The number of carboxylic acids is 1. The molecule has 0 heterocycles. The van der Waals surface area contributed by atoms with Crippen LogP contribution < -0.4 is 0 Å². The number of esters is 4. The summed E-state index contributed by atoms with van der Waals surface area (Å²) in [5.74, 6) is -2.22. The lowest BCUT2D eigenvalue weighted by molar-refractivity contribution is -0.147. The molecule has 0 aliphatic rings. The summed E-state index contributed by atoms with van der Waals surface area (Å²) >= 11 is 0. The van der Waals surface area contributed by atoms with Gasteiger partial charge in [-0.25, -0.2) is 0 Å². The van der Waals surface area contributed by atoms with Gasteiger partial charge in [-0.15, -0.1) is 0 Å². The van der Waals surface area contributed by atoms with Crippen molar-refractivity contribution in [2.45, 2.75) is 39.0 Å². The molecule has 10 heteroatoms. The van der Waals surface area contributed by atoms with Crippen molar-refractivity contribution >= 4 is 29.8 Å². The molecule has 0 amide bonds. The summed E-state index contributed by atoms with van der Waals surface area (Å²) in [6, 6.07) is 0. The van der Waals surface area contributed by atoms with E-state index in [1.165, 1.54) is 28.4 Å². The van der Waals surface area contributed by atoms with Gasteiger partial charge < -0.3 is 24.1 Å². The summed E-state index contributed by atoms with van der Waals surface area (Å²) in [6.07, 6.45) is 1.20. The molecule has 1 N–H and O–H groups in total. The van der Waals surface area contributed by atoms with Crippen molar-refractivity contribution in [3.05, 3.63) is 0 Å². The molecule has 0 aromatic heterocycles. The van der Waals surface area contributed by atoms with Crippen LogP contribution in [0.3, 0.4) is 0 Å². The second kappa shape index (κ2) is 19.4. The molecule has 0 unspecified atom stereocenters. The molecule has 25 heavy (non-hydrogen) atoms. The van der Waals surface area contributed by atoms with E-state index < -0.39 is 17.9 Å². The SMILES string of the molecule is CC(=O)O.COC(=O)CCC(=O)OC.COC(=O)CCCC(=O)OC. The number of rotatable bonds is 7. The first-order chi connectivity index (χ1) is 11.6. The first-order valence-corrected chi connectivity index (χ1v) is 7.11. The summed E-state index contributed by atoms with van der Waals surface area (Å²) in [7, 11) is 5.19. The lowest BCUT2D eigenvalue weighted by Gasteiger charge is -1.97. The Morgan fingerprint density at radius 2 is 0.800 bits per heavy atom. The highest BCUT2D eigenvalue weighted by Crippen LogP contribution is 1.97. The molecular formula is C15H26O10. The molecule has 0 bridgehead atoms. The molecule has 0 aromatic carbocycles. The molecular weight excluding hydrogens is 340 g/mol. The Labute approximate surface area is 146 Å². The number of carboxylic acid groups (broad SMARTS) is 1. The molecule has 0 aliphatic heterocycles. The molecule has 0 aromatic rings. The number of hydrogen-bond acceptors (Lipinski definition) is 9. The zero-order valence-corrected chi connectivity index (χ0v) is 15.2. The fourth-order valence-corrected chi connectivity index (χ4v) is 0.989. The van der Waals surface area contributed by atoms with Crippen LogP contribution in [0.4, 0.5) is 0 Å². The maximum atomic E-state index is 10.5. The number of aliphatic carboxylic acids is 1. The van der Waals surface area contributed by atoms with Crippen LogP contribution in [0.15, 0.2) is 0 Å². The van der Waals surface area contributed by atoms with Gasteiger partial charge in [0.15, 0.2) is 0 Å². The number of ether oxygens (including phenoxy) is 4. The van der Waals surface area contributed by atoms with Crippen molar-refractivity contribution in [2.24, 2.45) is 0 Å². The Balaban J connectivity index is -0.000000321. The van der Waals surface area contributed by atoms with Crippen molar-refractivity contribution < 1.29 is 48.0 Å². The lowest BCUT2D eigenvalue weighted by Crippen LogP contribution is -2.06. The number of methoxy groups -OCH3 is 4. The third kappa shape index (κ3) is 29.9.